The molecule has 32 heavy (non-hydrogen) atoms. The average molecular weight is 435 g/mol. The molecule has 1 aromatic heterocycles. The first-order valence-corrected chi connectivity index (χ1v) is 10.4. The van der Waals surface area contributed by atoms with Gasteiger partial charge in [-0.3, -0.25) is 10.7 Å². The molecule has 2 heterocycles. The Morgan fingerprint density at radius 3 is 2.59 bits per heavy atom. The topological polar surface area (TPSA) is 93.1 Å². The van der Waals surface area contributed by atoms with Gasteiger partial charge in [-0.05, 0) is 49.6 Å². The minimum absolute atomic E-state index is 0.0225. The van der Waals surface area contributed by atoms with E-state index in [1.165, 1.54) is 29.2 Å². The van der Waals surface area contributed by atoms with Crippen molar-refractivity contribution in [3.8, 4) is 5.69 Å². The van der Waals surface area contributed by atoms with E-state index < -0.39 is 11.6 Å². The lowest BCUT2D eigenvalue weighted by Gasteiger charge is -2.40. The molecule has 3 aromatic rings. The minimum atomic E-state index is -1.27. The summed E-state index contributed by atoms with van der Waals surface area (Å²) in [5, 5.41) is 10.7. The number of hydrogen-bond donors (Lipinski definition) is 3. The summed E-state index contributed by atoms with van der Waals surface area (Å²) in [5.74, 6) is -0.747. The normalized spacial score (nSPS) is 23.8. The predicted octanol–water partition coefficient (Wildman–Crippen LogP) is 2.98. The van der Waals surface area contributed by atoms with E-state index in [-0.39, 0.29) is 17.4 Å². The molecule has 1 aliphatic heterocycles. The lowest BCUT2D eigenvalue weighted by atomic mass is 9.94. The number of nitrogens with one attached hydrogen (secondary N) is 2. The SMILES string of the molecule is CN=C1NC(N)(c2ccc(-n3ncnc3C)c(F)c2)NC2=C1CCC2c1ccc(F)cc1. The third-order valence-electron chi connectivity index (χ3n) is 6.14. The van der Waals surface area contributed by atoms with Gasteiger partial charge in [0.15, 0.2) is 5.79 Å². The number of allylic oxidation sites excluding steroid dienone is 1. The molecule has 2 unspecified atom stereocenters. The van der Waals surface area contributed by atoms with E-state index in [1.807, 2.05) is 0 Å². The molecule has 0 fully saturated rings. The zero-order valence-electron chi connectivity index (χ0n) is 17.7. The van der Waals surface area contributed by atoms with Crippen LogP contribution in [0.4, 0.5) is 8.78 Å². The largest absolute Gasteiger partial charge is 0.349 e. The summed E-state index contributed by atoms with van der Waals surface area (Å²) in [6.45, 7) is 1.75. The van der Waals surface area contributed by atoms with Crippen LogP contribution in [0.2, 0.25) is 0 Å². The molecule has 2 aliphatic rings. The van der Waals surface area contributed by atoms with E-state index in [2.05, 4.69) is 25.7 Å². The fourth-order valence-electron chi connectivity index (χ4n) is 4.52. The zero-order chi connectivity index (χ0) is 22.5. The van der Waals surface area contributed by atoms with Gasteiger partial charge in [-0.2, -0.15) is 5.10 Å². The van der Waals surface area contributed by atoms with Crippen LogP contribution >= 0.6 is 0 Å². The summed E-state index contributed by atoms with van der Waals surface area (Å²) >= 11 is 0. The molecule has 0 spiro atoms. The Bertz CT molecular complexity index is 1250. The van der Waals surface area contributed by atoms with Gasteiger partial charge in [-0.15, -0.1) is 0 Å². The van der Waals surface area contributed by atoms with Crippen molar-refractivity contribution in [1.29, 1.82) is 0 Å². The van der Waals surface area contributed by atoms with Crippen molar-refractivity contribution in [3.05, 3.63) is 88.6 Å². The summed E-state index contributed by atoms with van der Waals surface area (Å²) in [6.07, 6.45) is 3.03. The van der Waals surface area contributed by atoms with Gasteiger partial charge in [0.25, 0.3) is 0 Å². The van der Waals surface area contributed by atoms with Crippen LogP contribution in [0.3, 0.4) is 0 Å². The fourth-order valence-corrected chi connectivity index (χ4v) is 4.52. The van der Waals surface area contributed by atoms with Crippen LogP contribution in [-0.4, -0.2) is 27.6 Å². The number of aliphatic imine (C=N–C) groups is 1. The predicted molar refractivity (Wildman–Crippen MR) is 117 cm³/mol. The second-order valence-corrected chi connectivity index (χ2v) is 8.05. The van der Waals surface area contributed by atoms with Gasteiger partial charge in [-0.1, -0.05) is 18.2 Å². The summed E-state index contributed by atoms with van der Waals surface area (Å²) in [4.78, 5) is 8.45. The summed E-state index contributed by atoms with van der Waals surface area (Å²) in [7, 11) is 1.70. The Hall–Kier alpha value is -3.59. The van der Waals surface area contributed by atoms with Gasteiger partial charge in [0.2, 0.25) is 0 Å². The summed E-state index contributed by atoms with van der Waals surface area (Å²) < 4.78 is 29.9. The van der Waals surface area contributed by atoms with Crippen molar-refractivity contribution >= 4 is 5.84 Å². The molecule has 164 valence electrons. The third-order valence-corrected chi connectivity index (χ3v) is 6.14. The molecule has 7 nitrogen and oxygen atoms in total. The Kier molecular flexibility index (Phi) is 4.78. The first-order chi connectivity index (χ1) is 15.4. The van der Waals surface area contributed by atoms with Crippen LogP contribution in [0.25, 0.3) is 5.69 Å². The molecule has 0 amide bonds. The highest BCUT2D eigenvalue weighted by Gasteiger charge is 2.41. The number of nitrogens with zero attached hydrogens (tertiary/aromatic N) is 4. The van der Waals surface area contributed by atoms with Crippen molar-refractivity contribution in [2.45, 2.75) is 31.5 Å². The highest BCUT2D eigenvalue weighted by molar-refractivity contribution is 6.01. The second kappa shape index (κ2) is 7.52. The van der Waals surface area contributed by atoms with E-state index in [0.717, 1.165) is 29.7 Å². The maximum atomic E-state index is 15.1. The quantitative estimate of drug-likeness (QED) is 0.588. The molecule has 0 radical (unpaired) electrons. The third kappa shape index (κ3) is 3.25. The Morgan fingerprint density at radius 1 is 1.16 bits per heavy atom. The maximum Gasteiger partial charge on any atom is 0.190 e. The van der Waals surface area contributed by atoms with Crippen molar-refractivity contribution < 1.29 is 8.78 Å². The number of nitrogens with two attached hydrogens (primary N) is 1. The minimum Gasteiger partial charge on any atom is -0.349 e. The number of rotatable bonds is 3. The standard InChI is InChI=1S/C23H23F2N7/c1-13-28-12-29-32(13)20-10-5-15(11-19(20)25)23(26)30-21-17(14-3-6-16(24)7-4-14)8-9-18(21)22(27-2)31-23/h3-7,10-12,17,30H,8-9,26H2,1-2H3,(H,27,31). The molecule has 5 rings (SSSR count). The lowest BCUT2D eigenvalue weighted by Crippen LogP contribution is -2.65. The van der Waals surface area contributed by atoms with E-state index in [9.17, 15) is 4.39 Å². The van der Waals surface area contributed by atoms with Gasteiger partial charge < -0.3 is 10.6 Å². The molecule has 0 saturated carbocycles. The molecular weight excluding hydrogens is 412 g/mol. The van der Waals surface area contributed by atoms with Crippen molar-refractivity contribution in [1.82, 2.24) is 25.4 Å². The van der Waals surface area contributed by atoms with Crippen LogP contribution in [0.15, 0.2) is 65.1 Å². The summed E-state index contributed by atoms with van der Waals surface area (Å²) in [6, 6.07) is 11.3. The van der Waals surface area contributed by atoms with E-state index in [1.54, 1.807) is 38.2 Å². The van der Waals surface area contributed by atoms with Crippen molar-refractivity contribution in [2.24, 2.45) is 10.7 Å². The molecule has 1 aliphatic carbocycles. The summed E-state index contributed by atoms with van der Waals surface area (Å²) in [5.41, 5.74) is 10.5. The fraction of sp³-hybridized carbons (Fsp3) is 0.261. The second-order valence-electron chi connectivity index (χ2n) is 8.05. The molecule has 0 bridgehead atoms. The van der Waals surface area contributed by atoms with Gasteiger partial charge in [-0.25, -0.2) is 18.4 Å². The van der Waals surface area contributed by atoms with Gasteiger partial charge in [0.1, 0.15) is 35.3 Å². The first-order valence-electron chi connectivity index (χ1n) is 10.4. The number of aromatic nitrogens is 3. The lowest BCUT2D eigenvalue weighted by molar-refractivity contribution is 0.330. The van der Waals surface area contributed by atoms with Gasteiger partial charge in [0.05, 0.1) is 0 Å². The van der Waals surface area contributed by atoms with Crippen LogP contribution < -0.4 is 16.4 Å². The van der Waals surface area contributed by atoms with E-state index >= 15 is 4.39 Å². The smallest absolute Gasteiger partial charge is 0.190 e. The highest BCUT2D eigenvalue weighted by Crippen LogP contribution is 2.41. The van der Waals surface area contributed by atoms with E-state index in [0.29, 0.717) is 17.2 Å². The van der Waals surface area contributed by atoms with Gasteiger partial charge >= 0.3 is 0 Å². The van der Waals surface area contributed by atoms with Crippen molar-refractivity contribution in [2.75, 3.05) is 7.05 Å². The monoisotopic (exact) mass is 435 g/mol. The Labute approximate surface area is 184 Å². The molecule has 0 saturated heterocycles. The average Bonchev–Trinajstić information content (AvgIpc) is 3.40. The number of amidine groups is 1. The van der Waals surface area contributed by atoms with Crippen LogP contribution in [0, 0.1) is 18.6 Å². The molecule has 4 N–H and O–H groups in total. The van der Waals surface area contributed by atoms with Crippen LogP contribution in [0.5, 0.6) is 0 Å². The van der Waals surface area contributed by atoms with E-state index in [4.69, 9.17) is 5.73 Å². The highest BCUT2D eigenvalue weighted by atomic mass is 19.1. The number of hydrogen-bond acceptors (Lipinski definition) is 5. The van der Waals surface area contributed by atoms with Crippen LogP contribution in [-0.2, 0) is 5.79 Å². The first kappa shape index (κ1) is 20.3. The number of benzene rings is 2. The molecule has 9 heteroatoms. The number of halogens is 2. The Balaban J connectivity index is 1.52. The molecule has 2 aromatic carbocycles. The number of aryl methyl sites for hydroxylation is 1. The molecule has 2 atom stereocenters. The molecular formula is C23H23F2N7. The van der Waals surface area contributed by atoms with Crippen LogP contribution in [0.1, 0.15) is 35.7 Å². The van der Waals surface area contributed by atoms with Gasteiger partial charge in [0, 0.05) is 29.8 Å². The Morgan fingerprint density at radius 2 is 1.94 bits per heavy atom. The zero-order valence-corrected chi connectivity index (χ0v) is 17.7. The maximum absolute atomic E-state index is 15.1. The van der Waals surface area contributed by atoms with Crippen molar-refractivity contribution in [3.63, 3.8) is 0 Å².